The zero-order valence-corrected chi connectivity index (χ0v) is 17.7. The molecule has 2 aliphatic heterocycles. The van der Waals surface area contributed by atoms with Crippen LogP contribution in [0, 0.1) is 17.5 Å². The Kier molecular flexibility index (Phi) is 5.33. The average Bonchev–Trinajstić information content (AvgIpc) is 3.38. The van der Waals surface area contributed by atoms with Gasteiger partial charge in [-0.05, 0) is 31.5 Å². The Morgan fingerprint density at radius 3 is 2.56 bits per heavy atom. The van der Waals surface area contributed by atoms with Crippen LogP contribution in [0.1, 0.15) is 25.6 Å². The molecular weight excluding hydrogens is 453 g/mol. The second-order valence-electron chi connectivity index (χ2n) is 8.01. The van der Waals surface area contributed by atoms with Gasteiger partial charge >= 0.3 is 0 Å². The van der Waals surface area contributed by atoms with E-state index in [2.05, 4.69) is 15.0 Å². The van der Waals surface area contributed by atoms with E-state index in [-0.39, 0.29) is 23.9 Å². The summed E-state index contributed by atoms with van der Waals surface area (Å²) in [6.07, 6.45) is 0.697. The lowest BCUT2D eigenvalue weighted by Crippen LogP contribution is -2.32. The van der Waals surface area contributed by atoms with Crippen molar-refractivity contribution in [3.63, 3.8) is 0 Å². The summed E-state index contributed by atoms with van der Waals surface area (Å²) in [5.41, 5.74) is 1.05. The van der Waals surface area contributed by atoms with Gasteiger partial charge in [0, 0.05) is 0 Å². The summed E-state index contributed by atoms with van der Waals surface area (Å²) in [7, 11) is 0. The highest BCUT2D eigenvalue weighted by atomic mass is 35.5. The van der Waals surface area contributed by atoms with E-state index in [1.807, 2.05) is 0 Å². The minimum atomic E-state index is -1.52. The summed E-state index contributed by atoms with van der Waals surface area (Å²) < 4.78 is 65.5. The van der Waals surface area contributed by atoms with Crippen molar-refractivity contribution >= 4 is 22.8 Å². The van der Waals surface area contributed by atoms with Gasteiger partial charge in [-0.3, -0.25) is 4.57 Å². The average molecular weight is 471 g/mol. The molecule has 170 valence electrons. The first kappa shape index (κ1) is 21.5. The Bertz CT molecular complexity index is 1150. The highest BCUT2D eigenvalue weighted by Gasteiger charge is 2.56. The van der Waals surface area contributed by atoms with Gasteiger partial charge in [-0.1, -0.05) is 11.6 Å². The Labute approximate surface area is 185 Å². The van der Waals surface area contributed by atoms with E-state index >= 15 is 0 Å². The molecule has 3 aromatic rings. The molecule has 4 atom stereocenters. The van der Waals surface area contributed by atoms with Crippen molar-refractivity contribution in [3.05, 3.63) is 53.0 Å². The summed E-state index contributed by atoms with van der Waals surface area (Å²) in [6, 6.07) is 1.78. The molecule has 1 aromatic carbocycles. The van der Waals surface area contributed by atoms with E-state index in [9.17, 15) is 13.2 Å². The quantitative estimate of drug-likeness (QED) is 0.417. The molecule has 0 bridgehead atoms. The van der Waals surface area contributed by atoms with Gasteiger partial charge < -0.3 is 18.9 Å². The number of benzene rings is 1. The van der Waals surface area contributed by atoms with Gasteiger partial charge in [0.2, 0.25) is 0 Å². The first-order valence-corrected chi connectivity index (χ1v) is 10.2. The summed E-state index contributed by atoms with van der Waals surface area (Å²) in [5.74, 6) is -4.93. The molecule has 0 amide bonds. The Balaban J connectivity index is 1.35. The number of aromatic nitrogens is 4. The fourth-order valence-corrected chi connectivity index (χ4v) is 4.19. The van der Waals surface area contributed by atoms with Crippen molar-refractivity contribution < 1.29 is 32.1 Å². The first-order chi connectivity index (χ1) is 15.2. The Morgan fingerprint density at radius 2 is 1.81 bits per heavy atom. The number of imidazole rings is 1. The molecule has 0 aliphatic carbocycles. The third-order valence-electron chi connectivity index (χ3n) is 5.31. The number of fused-ring (bicyclic) bond motifs is 2. The molecule has 0 spiro atoms. The molecule has 5 rings (SSSR count). The molecule has 4 heterocycles. The van der Waals surface area contributed by atoms with E-state index in [1.165, 1.54) is 12.7 Å². The van der Waals surface area contributed by atoms with E-state index in [0.717, 1.165) is 12.1 Å². The lowest BCUT2D eigenvalue weighted by atomic mass is 10.1. The molecule has 12 heteroatoms. The van der Waals surface area contributed by atoms with Crippen LogP contribution >= 0.6 is 11.6 Å². The standard InChI is InChI=1S/C20H18ClF3N4O4/c1-20(2)31-15-12(6-29-5-9-3-10(22)13(24)11(23)4-9)30-19(16(15)32-20)28-8-27-14-17(21)25-7-26-18(14)28/h3-4,7-8,12,15-16,19H,5-6H2,1-2H3/t12-,15-,16-,19-/m1/s1. The summed E-state index contributed by atoms with van der Waals surface area (Å²) in [4.78, 5) is 12.4. The number of hydrogen-bond acceptors (Lipinski definition) is 7. The van der Waals surface area contributed by atoms with Crippen LogP contribution in [0.5, 0.6) is 0 Å². The minimum absolute atomic E-state index is 0.0418. The van der Waals surface area contributed by atoms with E-state index in [0.29, 0.717) is 11.2 Å². The predicted octanol–water partition coefficient (Wildman–Crippen LogP) is 3.53. The molecule has 8 nitrogen and oxygen atoms in total. The van der Waals surface area contributed by atoms with Crippen molar-refractivity contribution in [1.82, 2.24) is 19.5 Å². The van der Waals surface area contributed by atoms with Crippen LogP contribution in [0.4, 0.5) is 13.2 Å². The smallest absolute Gasteiger partial charge is 0.194 e. The van der Waals surface area contributed by atoms with Gasteiger partial charge in [-0.2, -0.15) is 0 Å². The van der Waals surface area contributed by atoms with Crippen molar-refractivity contribution in [3.8, 4) is 0 Å². The molecule has 0 radical (unpaired) electrons. The topological polar surface area (TPSA) is 80.5 Å². The van der Waals surface area contributed by atoms with Crippen LogP contribution in [-0.2, 0) is 25.6 Å². The Hall–Kier alpha value is -2.31. The van der Waals surface area contributed by atoms with E-state index < -0.39 is 47.8 Å². The molecule has 32 heavy (non-hydrogen) atoms. The number of hydrogen-bond donors (Lipinski definition) is 0. The highest BCUT2D eigenvalue weighted by Crippen LogP contribution is 2.44. The molecule has 2 aromatic heterocycles. The predicted molar refractivity (Wildman–Crippen MR) is 104 cm³/mol. The zero-order valence-electron chi connectivity index (χ0n) is 17.0. The second kappa shape index (κ2) is 7.92. The van der Waals surface area contributed by atoms with Crippen LogP contribution in [0.25, 0.3) is 11.2 Å². The fourth-order valence-electron chi connectivity index (χ4n) is 4.01. The lowest BCUT2D eigenvalue weighted by Gasteiger charge is -2.24. The minimum Gasteiger partial charge on any atom is -0.374 e. The maximum atomic E-state index is 13.4. The van der Waals surface area contributed by atoms with Gasteiger partial charge in [0.05, 0.1) is 19.5 Å². The maximum Gasteiger partial charge on any atom is 0.194 e. The molecule has 2 aliphatic rings. The molecule has 0 N–H and O–H groups in total. The van der Waals surface area contributed by atoms with Gasteiger partial charge in [-0.25, -0.2) is 28.1 Å². The second-order valence-corrected chi connectivity index (χ2v) is 8.36. The summed E-state index contributed by atoms with van der Waals surface area (Å²) in [6.45, 7) is 3.47. The van der Waals surface area contributed by atoms with Crippen molar-refractivity contribution in [2.75, 3.05) is 6.61 Å². The molecule has 2 fully saturated rings. The number of nitrogens with zero attached hydrogens (tertiary/aromatic N) is 4. The first-order valence-electron chi connectivity index (χ1n) is 9.79. The normalized spacial score (nSPS) is 26.7. The Morgan fingerprint density at radius 1 is 1.09 bits per heavy atom. The van der Waals surface area contributed by atoms with Gasteiger partial charge in [0.15, 0.2) is 40.3 Å². The van der Waals surface area contributed by atoms with Crippen LogP contribution in [0.2, 0.25) is 5.15 Å². The van der Waals surface area contributed by atoms with Crippen molar-refractivity contribution in [1.29, 1.82) is 0 Å². The van der Waals surface area contributed by atoms with Gasteiger partial charge in [0.1, 0.15) is 30.2 Å². The molecular formula is C20H18ClF3N4O4. The fraction of sp³-hybridized carbons (Fsp3) is 0.450. The largest absolute Gasteiger partial charge is 0.374 e. The molecule has 0 saturated carbocycles. The van der Waals surface area contributed by atoms with Gasteiger partial charge in [-0.15, -0.1) is 0 Å². The highest BCUT2D eigenvalue weighted by molar-refractivity contribution is 6.33. The van der Waals surface area contributed by atoms with E-state index in [4.69, 9.17) is 30.5 Å². The monoisotopic (exact) mass is 470 g/mol. The van der Waals surface area contributed by atoms with Crippen LogP contribution in [0.3, 0.4) is 0 Å². The SMILES string of the molecule is CC1(C)O[C@@H]2[C@H](O1)[C@@H](COCc1cc(F)c(F)c(F)c1)O[C@H]2n1cnc2c(Cl)ncnc21. The van der Waals surface area contributed by atoms with Gasteiger partial charge in [0.25, 0.3) is 0 Å². The van der Waals surface area contributed by atoms with Crippen LogP contribution in [-0.4, -0.2) is 50.2 Å². The molecule has 0 unspecified atom stereocenters. The van der Waals surface area contributed by atoms with Crippen LogP contribution < -0.4 is 0 Å². The number of rotatable bonds is 5. The summed E-state index contributed by atoms with van der Waals surface area (Å²) >= 11 is 6.10. The van der Waals surface area contributed by atoms with Crippen molar-refractivity contribution in [2.45, 2.75) is 50.8 Å². The number of halogens is 4. The van der Waals surface area contributed by atoms with Crippen LogP contribution in [0.15, 0.2) is 24.8 Å². The molecule has 2 saturated heterocycles. The maximum absolute atomic E-state index is 13.4. The third-order valence-corrected chi connectivity index (χ3v) is 5.58. The van der Waals surface area contributed by atoms with E-state index in [1.54, 1.807) is 18.4 Å². The van der Waals surface area contributed by atoms with Crippen molar-refractivity contribution in [2.24, 2.45) is 0 Å². The zero-order chi connectivity index (χ0) is 22.6. The lowest BCUT2D eigenvalue weighted by molar-refractivity contribution is -0.202. The summed E-state index contributed by atoms with van der Waals surface area (Å²) in [5, 5.41) is 0.214. The number of ether oxygens (including phenoxy) is 4. The third kappa shape index (κ3) is 3.73.